The van der Waals surface area contributed by atoms with E-state index in [1.807, 2.05) is 18.2 Å². The number of ether oxygens (including phenoxy) is 1. The smallest absolute Gasteiger partial charge is 0.264 e. The van der Waals surface area contributed by atoms with Crippen LogP contribution >= 0.6 is 0 Å². The van der Waals surface area contributed by atoms with Crippen LogP contribution in [0.2, 0.25) is 0 Å². The Hall–Kier alpha value is -3.73. The molecule has 0 unspecified atom stereocenters. The van der Waals surface area contributed by atoms with Crippen LogP contribution in [0.15, 0.2) is 53.6 Å². The molecule has 1 saturated carbocycles. The van der Waals surface area contributed by atoms with Gasteiger partial charge in [0.1, 0.15) is 22.2 Å². The number of methoxy groups -OCH3 is 1. The van der Waals surface area contributed by atoms with Crippen molar-refractivity contribution in [2.45, 2.75) is 36.6 Å². The lowest BCUT2D eigenvalue weighted by Gasteiger charge is -2.15. The van der Waals surface area contributed by atoms with Gasteiger partial charge in [0.15, 0.2) is 0 Å². The normalized spacial score (nSPS) is 14.5. The summed E-state index contributed by atoms with van der Waals surface area (Å²) in [5.74, 6) is -1.62. The molecule has 4 aromatic rings. The number of pyridine rings is 1. The number of hydrogen-bond donors (Lipinski definition) is 2. The molecular formula is C24H23F2N5O3S. The molecule has 1 aliphatic rings. The Morgan fingerprint density at radius 2 is 1.86 bits per heavy atom. The average Bonchev–Trinajstić information content (AvgIpc) is 3.44. The second kappa shape index (κ2) is 8.81. The zero-order valence-electron chi connectivity index (χ0n) is 18.8. The molecule has 0 radical (unpaired) electrons. The number of nitrogens with one attached hydrogen (secondary N) is 1. The first-order valence-corrected chi connectivity index (χ1v) is 12.5. The molecule has 1 fully saturated rings. The quantitative estimate of drug-likeness (QED) is 0.391. The standard InChI is InChI=1S/C24H23F2N5O3S/c1-34-23-20(30-35(32,33)22-9-7-16(25)12-18(22)26)10-15(13-28-23)14-6-8-19-21(11-14)31(24(27)29-19)17-4-2-3-5-17/h6-13,17,30H,2-5H2,1H3,(H2,27,29). The second-order valence-corrected chi connectivity index (χ2v) is 10.1. The van der Waals surface area contributed by atoms with Gasteiger partial charge in [0.25, 0.3) is 10.0 Å². The van der Waals surface area contributed by atoms with Crippen LogP contribution < -0.4 is 15.2 Å². The number of aromatic nitrogens is 3. The minimum atomic E-state index is -4.38. The Bertz CT molecular complexity index is 1530. The van der Waals surface area contributed by atoms with Crippen LogP contribution in [0.1, 0.15) is 31.7 Å². The highest BCUT2D eigenvalue weighted by Gasteiger charge is 2.24. The Morgan fingerprint density at radius 1 is 1.09 bits per heavy atom. The number of hydrogen-bond acceptors (Lipinski definition) is 6. The van der Waals surface area contributed by atoms with E-state index < -0.39 is 26.6 Å². The van der Waals surface area contributed by atoms with Crippen LogP contribution in [0.25, 0.3) is 22.2 Å². The lowest BCUT2D eigenvalue weighted by molar-refractivity contribution is 0.400. The van der Waals surface area contributed by atoms with Crippen LogP contribution in [0.4, 0.5) is 20.4 Å². The maximum absolute atomic E-state index is 14.2. The molecular weight excluding hydrogens is 476 g/mol. The fraction of sp³-hybridized carbons (Fsp3) is 0.250. The minimum Gasteiger partial charge on any atom is -0.480 e. The van der Waals surface area contributed by atoms with E-state index in [1.54, 1.807) is 12.3 Å². The summed E-state index contributed by atoms with van der Waals surface area (Å²) >= 11 is 0. The van der Waals surface area contributed by atoms with Gasteiger partial charge in [0.2, 0.25) is 11.8 Å². The lowest BCUT2D eigenvalue weighted by Crippen LogP contribution is -2.15. The first-order valence-electron chi connectivity index (χ1n) is 11.1. The molecule has 35 heavy (non-hydrogen) atoms. The molecule has 2 aromatic heterocycles. The van der Waals surface area contributed by atoms with E-state index in [-0.39, 0.29) is 17.6 Å². The Balaban J connectivity index is 1.55. The van der Waals surface area contributed by atoms with E-state index in [0.29, 0.717) is 17.6 Å². The summed E-state index contributed by atoms with van der Waals surface area (Å²) in [6, 6.07) is 9.72. The topological polar surface area (TPSA) is 112 Å². The minimum absolute atomic E-state index is 0.00108. The van der Waals surface area contributed by atoms with Gasteiger partial charge in [-0.25, -0.2) is 27.2 Å². The summed E-state index contributed by atoms with van der Waals surface area (Å²) in [7, 11) is -3.04. The Morgan fingerprint density at radius 3 is 2.57 bits per heavy atom. The van der Waals surface area contributed by atoms with Crippen molar-refractivity contribution in [3.63, 3.8) is 0 Å². The molecule has 5 rings (SSSR count). The SMILES string of the molecule is COc1ncc(-c2ccc3nc(N)n(C4CCCC4)c3c2)cc1NS(=O)(=O)c1ccc(F)cc1F. The lowest BCUT2D eigenvalue weighted by atomic mass is 10.1. The van der Waals surface area contributed by atoms with Crippen molar-refractivity contribution in [2.75, 3.05) is 17.6 Å². The molecule has 1 aliphatic carbocycles. The zero-order chi connectivity index (χ0) is 24.7. The largest absolute Gasteiger partial charge is 0.480 e. The molecule has 3 N–H and O–H groups in total. The summed E-state index contributed by atoms with van der Waals surface area (Å²) in [6.45, 7) is 0. The van der Waals surface area contributed by atoms with Crippen LogP contribution in [-0.4, -0.2) is 30.1 Å². The van der Waals surface area contributed by atoms with Gasteiger partial charge in [0, 0.05) is 23.9 Å². The molecule has 2 aromatic carbocycles. The Labute approximate surface area is 200 Å². The molecule has 0 aliphatic heterocycles. The molecule has 0 bridgehead atoms. The highest BCUT2D eigenvalue weighted by Crippen LogP contribution is 2.37. The first kappa shape index (κ1) is 23.0. The molecule has 11 heteroatoms. The average molecular weight is 500 g/mol. The number of fused-ring (bicyclic) bond motifs is 1. The van der Waals surface area contributed by atoms with E-state index in [4.69, 9.17) is 10.5 Å². The van der Waals surface area contributed by atoms with Crippen molar-refractivity contribution in [3.05, 3.63) is 60.3 Å². The molecule has 8 nitrogen and oxygen atoms in total. The number of benzene rings is 2. The van der Waals surface area contributed by atoms with Gasteiger partial charge in [-0.3, -0.25) is 4.72 Å². The second-order valence-electron chi connectivity index (χ2n) is 8.44. The van der Waals surface area contributed by atoms with E-state index in [0.717, 1.165) is 54.4 Å². The van der Waals surface area contributed by atoms with Gasteiger partial charge in [0.05, 0.1) is 18.1 Å². The van der Waals surface area contributed by atoms with Gasteiger partial charge in [-0.15, -0.1) is 0 Å². The number of sulfonamides is 1. The molecule has 0 saturated heterocycles. The van der Waals surface area contributed by atoms with Crippen LogP contribution in [-0.2, 0) is 10.0 Å². The van der Waals surface area contributed by atoms with Crippen molar-refractivity contribution in [1.82, 2.24) is 14.5 Å². The van der Waals surface area contributed by atoms with Crippen molar-refractivity contribution in [1.29, 1.82) is 0 Å². The van der Waals surface area contributed by atoms with Gasteiger partial charge in [-0.05, 0) is 48.7 Å². The van der Waals surface area contributed by atoms with E-state index >= 15 is 0 Å². The van der Waals surface area contributed by atoms with E-state index in [9.17, 15) is 17.2 Å². The number of nitrogen functional groups attached to an aromatic ring is 1. The Kier molecular flexibility index (Phi) is 5.79. The van der Waals surface area contributed by atoms with Crippen molar-refractivity contribution in [3.8, 4) is 17.0 Å². The summed E-state index contributed by atoms with van der Waals surface area (Å²) in [5.41, 5.74) is 9.26. The molecule has 0 atom stereocenters. The van der Waals surface area contributed by atoms with Crippen LogP contribution in [0.5, 0.6) is 5.88 Å². The summed E-state index contributed by atoms with van der Waals surface area (Å²) in [4.78, 5) is 8.02. The van der Waals surface area contributed by atoms with Gasteiger partial charge in [-0.2, -0.15) is 0 Å². The highest BCUT2D eigenvalue weighted by atomic mass is 32.2. The van der Waals surface area contributed by atoms with Gasteiger partial charge in [-0.1, -0.05) is 18.9 Å². The molecule has 0 spiro atoms. The summed E-state index contributed by atoms with van der Waals surface area (Å²) in [6.07, 6.45) is 5.91. The van der Waals surface area contributed by atoms with Crippen LogP contribution in [0.3, 0.4) is 0 Å². The molecule has 2 heterocycles. The maximum atomic E-state index is 14.2. The summed E-state index contributed by atoms with van der Waals surface area (Å²) < 4.78 is 62.7. The number of halogens is 2. The van der Waals surface area contributed by atoms with E-state index in [1.165, 1.54) is 7.11 Å². The van der Waals surface area contributed by atoms with Crippen LogP contribution in [0, 0.1) is 11.6 Å². The fourth-order valence-electron chi connectivity index (χ4n) is 4.58. The number of nitrogens with two attached hydrogens (primary N) is 1. The number of nitrogens with zero attached hydrogens (tertiary/aromatic N) is 3. The maximum Gasteiger partial charge on any atom is 0.264 e. The third kappa shape index (κ3) is 4.27. The van der Waals surface area contributed by atoms with Crippen molar-refractivity contribution in [2.24, 2.45) is 0 Å². The zero-order valence-corrected chi connectivity index (χ0v) is 19.6. The third-order valence-electron chi connectivity index (χ3n) is 6.21. The fourth-order valence-corrected chi connectivity index (χ4v) is 5.68. The number of rotatable bonds is 6. The summed E-state index contributed by atoms with van der Waals surface area (Å²) in [5, 5.41) is 0. The predicted octanol–water partition coefficient (Wildman–Crippen LogP) is 4.88. The third-order valence-corrected chi connectivity index (χ3v) is 7.61. The number of anilines is 2. The number of imidazole rings is 1. The molecule has 182 valence electrons. The van der Waals surface area contributed by atoms with E-state index in [2.05, 4.69) is 19.3 Å². The first-order chi connectivity index (χ1) is 16.8. The monoisotopic (exact) mass is 499 g/mol. The van der Waals surface area contributed by atoms with Crippen molar-refractivity contribution >= 4 is 32.7 Å². The van der Waals surface area contributed by atoms with Gasteiger partial charge < -0.3 is 15.0 Å². The molecule has 0 amide bonds. The predicted molar refractivity (Wildman–Crippen MR) is 129 cm³/mol. The highest BCUT2D eigenvalue weighted by molar-refractivity contribution is 7.92. The van der Waals surface area contributed by atoms with Gasteiger partial charge >= 0.3 is 0 Å². The van der Waals surface area contributed by atoms with Crippen molar-refractivity contribution < 1.29 is 21.9 Å².